The first-order valence-electron chi connectivity index (χ1n) is 5.02. The fourth-order valence-corrected chi connectivity index (χ4v) is 1.37. The van der Waals surface area contributed by atoms with E-state index in [-0.39, 0.29) is 5.56 Å². The second-order valence-electron chi connectivity index (χ2n) is 3.58. The zero-order chi connectivity index (χ0) is 12.1. The fourth-order valence-electron chi connectivity index (χ4n) is 1.37. The molecule has 2 atom stereocenters. The summed E-state index contributed by atoms with van der Waals surface area (Å²) in [6.07, 6.45) is -1.88. The van der Waals surface area contributed by atoms with E-state index in [1.165, 1.54) is 6.07 Å². The Kier molecular flexibility index (Phi) is 4.79. The Balaban J connectivity index is 2.71. The van der Waals surface area contributed by atoms with Gasteiger partial charge in [-0.2, -0.15) is 0 Å². The Morgan fingerprint density at radius 3 is 2.50 bits per heavy atom. The van der Waals surface area contributed by atoms with Gasteiger partial charge >= 0.3 is 0 Å². The summed E-state index contributed by atoms with van der Waals surface area (Å²) in [6.45, 7) is 0.530. The number of rotatable bonds is 5. The van der Waals surface area contributed by atoms with E-state index in [4.69, 9.17) is 0 Å². The molecule has 0 aliphatic heterocycles. The van der Waals surface area contributed by atoms with E-state index in [0.717, 1.165) is 12.1 Å². The average molecular weight is 231 g/mol. The molecule has 0 aromatic heterocycles. The topological polar surface area (TPSA) is 52.5 Å². The highest BCUT2D eigenvalue weighted by atomic mass is 19.2. The van der Waals surface area contributed by atoms with Crippen LogP contribution in [-0.2, 0) is 0 Å². The molecule has 16 heavy (non-hydrogen) atoms. The number of benzene rings is 1. The molecule has 0 amide bonds. The maximum absolute atomic E-state index is 12.9. The molecule has 90 valence electrons. The van der Waals surface area contributed by atoms with Crippen LogP contribution < -0.4 is 5.32 Å². The van der Waals surface area contributed by atoms with Gasteiger partial charge in [-0.15, -0.1) is 0 Å². The predicted molar refractivity (Wildman–Crippen MR) is 55.9 cm³/mol. The Labute approximate surface area is 92.7 Å². The Hall–Kier alpha value is -1.04. The van der Waals surface area contributed by atoms with Gasteiger partial charge in [0.05, 0.1) is 6.10 Å². The third kappa shape index (κ3) is 3.23. The van der Waals surface area contributed by atoms with E-state index in [1.807, 2.05) is 0 Å². The number of hydrogen-bond acceptors (Lipinski definition) is 3. The first-order valence-corrected chi connectivity index (χ1v) is 5.02. The van der Waals surface area contributed by atoms with Gasteiger partial charge in [-0.25, -0.2) is 8.78 Å². The zero-order valence-electron chi connectivity index (χ0n) is 8.95. The summed E-state index contributed by atoms with van der Waals surface area (Å²) in [7, 11) is 1.72. The number of nitrogens with one attached hydrogen (secondary N) is 1. The maximum atomic E-state index is 12.9. The summed E-state index contributed by atoms with van der Waals surface area (Å²) in [5, 5.41) is 22.0. The summed E-state index contributed by atoms with van der Waals surface area (Å²) in [5.41, 5.74) is 0.169. The minimum absolute atomic E-state index is 0.169. The van der Waals surface area contributed by atoms with E-state index in [1.54, 1.807) is 7.05 Å². The van der Waals surface area contributed by atoms with Crippen molar-refractivity contribution < 1.29 is 19.0 Å². The minimum Gasteiger partial charge on any atom is -0.390 e. The molecule has 0 heterocycles. The molecule has 0 fully saturated rings. The van der Waals surface area contributed by atoms with Crippen molar-refractivity contribution in [2.45, 2.75) is 18.6 Å². The summed E-state index contributed by atoms with van der Waals surface area (Å²) in [6, 6.07) is 3.08. The highest BCUT2D eigenvalue weighted by Gasteiger charge is 2.19. The van der Waals surface area contributed by atoms with Crippen LogP contribution in [0.15, 0.2) is 18.2 Å². The highest BCUT2D eigenvalue weighted by molar-refractivity contribution is 5.20. The molecular formula is C11H15F2NO2. The fraction of sp³-hybridized carbons (Fsp3) is 0.455. The van der Waals surface area contributed by atoms with Crippen LogP contribution in [0, 0.1) is 11.6 Å². The molecule has 3 N–H and O–H groups in total. The van der Waals surface area contributed by atoms with Gasteiger partial charge in [0.1, 0.15) is 6.10 Å². The molecule has 0 aliphatic rings. The van der Waals surface area contributed by atoms with E-state index in [2.05, 4.69) is 5.32 Å². The van der Waals surface area contributed by atoms with Gasteiger partial charge in [0, 0.05) is 0 Å². The molecule has 0 saturated heterocycles. The average Bonchev–Trinajstić information content (AvgIpc) is 2.28. The summed E-state index contributed by atoms with van der Waals surface area (Å²) in [4.78, 5) is 0. The van der Waals surface area contributed by atoms with Gasteiger partial charge in [-0.1, -0.05) is 6.07 Å². The number of aliphatic hydroxyl groups excluding tert-OH is 2. The monoisotopic (exact) mass is 231 g/mol. The normalized spacial score (nSPS) is 14.8. The summed E-state index contributed by atoms with van der Waals surface area (Å²) < 4.78 is 25.5. The SMILES string of the molecule is CNCCC(O)C(O)c1ccc(F)c(F)c1. The van der Waals surface area contributed by atoms with E-state index in [9.17, 15) is 19.0 Å². The van der Waals surface area contributed by atoms with Crippen LogP contribution in [0.2, 0.25) is 0 Å². The highest BCUT2D eigenvalue weighted by Crippen LogP contribution is 2.20. The van der Waals surface area contributed by atoms with E-state index >= 15 is 0 Å². The molecule has 0 saturated carbocycles. The van der Waals surface area contributed by atoms with Gasteiger partial charge in [-0.3, -0.25) is 0 Å². The van der Waals surface area contributed by atoms with Crippen LogP contribution in [0.1, 0.15) is 18.1 Å². The number of halogens is 2. The smallest absolute Gasteiger partial charge is 0.159 e. The third-order valence-electron chi connectivity index (χ3n) is 2.34. The van der Waals surface area contributed by atoms with Crippen molar-refractivity contribution in [1.29, 1.82) is 0 Å². The largest absolute Gasteiger partial charge is 0.390 e. The van der Waals surface area contributed by atoms with E-state index < -0.39 is 23.8 Å². The second-order valence-corrected chi connectivity index (χ2v) is 3.58. The molecule has 0 bridgehead atoms. The van der Waals surface area contributed by atoms with Crippen molar-refractivity contribution in [3.8, 4) is 0 Å². The summed E-state index contributed by atoms with van der Waals surface area (Å²) >= 11 is 0. The molecule has 3 nitrogen and oxygen atoms in total. The van der Waals surface area contributed by atoms with Crippen molar-refractivity contribution in [1.82, 2.24) is 5.32 Å². The Bertz CT molecular complexity index is 347. The van der Waals surface area contributed by atoms with Crippen LogP contribution in [0.3, 0.4) is 0 Å². The minimum atomic E-state index is -1.21. The lowest BCUT2D eigenvalue weighted by Gasteiger charge is -2.18. The van der Waals surface area contributed by atoms with Gasteiger partial charge in [0.2, 0.25) is 0 Å². The molecule has 0 radical (unpaired) electrons. The lowest BCUT2D eigenvalue weighted by molar-refractivity contribution is 0.0138. The van der Waals surface area contributed by atoms with Gasteiger partial charge in [0.25, 0.3) is 0 Å². The van der Waals surface area contributed by atoms with Crippen LogP contribution in [-0.4, -0.2) is 29.9 Å². The Morgan fingerprint density at radius 1 is 1.25 bits per heavy atom. The molecule has 2 unspecified atom stereocenters. The summed E-state index contributed by atoms with van der Waals surface area (Å²) in [5.74, 6) is -2.00. The van der Waals surface area contributed by atoms with Gasteiger partial charge < -0.3 is 15.5 Å². The molecule has 0 spiro atoms. The molecule has 1 rings (SSSR count). The lowest BCUT2D eigenvalue weighted by atomic mass is 10.0. The molecular weight excluding hydrogens is 216 g/mol. The van der Waals surface area contributed by atoms with Crippen molar-refractivity contribution in [3.63, 3.8) is 0 Å². The lowest BCUT2D eigenvalue weighted by Crippen LogP contribution is -2.23. The molecule has 1 aromatic carbocycles. The number of aliphatic hydroxyl groups is 2. The van der Waals surface area contributed by atoms with Crippen molar-refractivity contribution in [2.24, 2.45) is 0 Å². The first-order chi connectivity index (χ1) is 7.56. The van der Waals surface area contributed by atoms with E-state index in [0.29, 0.717) is 13.0 Å². The van der Waals surface area contributed by atoms with Crippen molar-refractivity contribution >= 4 is 0 Å². The van der Waals surface area contributed by atoms with Crippen LogP contribution >= 0.6 is 0 Å². The number of hydrogen-bond donors (Lipinski definition) is 3. The van der Waals surface area contributed by atoms with Crippen molar-refractivity contribution in [3.05, 3.63) is 35.4 Å². The first kappa shape index (κ1) is 13.0. The van der Waals surface area contributed by atoms with Crippen LogP contribution in [0.5, 0.6) is 0 Å². The van der Waals surface area contributed by atoms with Crippen LogP contribution in [0.25, 0.3) is 0 Å². The maximum Gasteiger partial charge on any atom is 0.159 e. The quantitative estimate of drug-likeness (QED) is 0.707. The molecule has 5 heteroatoms. The molecule has 1 aromatic rings. The second kappa shape index (κ2) is 5.89. The zero-order valence-corrected chi connectivity index (χ0v) is 8.95. The third-order valence-corrected chi connectivity index (χ3v) is 2.34. The van der Waals surface area contributed by atoms with Gasteiger partial charge in [-0.05, 0) is 37.7 Å². The standard InChI is InChI=1S/C11H15F2NO2/c1-14-5-4-10(15)11(16)7-2-3-8(12)9(13)6-7/h2-3,6,10-11,14-16H,4-5H2,1H3. The van der Waals surface area contributed by atoms with Crippen molar-refractivity contribution in [2.75, 3.05) is 13.6 Å². The molecule has 0 aliphatic carbocycles. The van der Waals surface area contributed by atoms with Crippen LogP contribution in [0.4, 0.5) is 8.78 Å². The Morgan fingerprint density at radius 2 is 1.94 bits per heavy atom. The van der Waals surface area contributed by atoms with Gasteiger partial charge in [0.15, 0.2) is 11.6 Å². The predicted octanol–water partition coefficient (Wildman–Crippen LogP) is 0.969.